The quantitative estimate of drug-likeness (QED) is 0.918. The monoisotopic (exact) mass is 342 g/mol. The molecule has 1 aliphatic heterocycles. The molecule has 4 nitrogen and oxygen atoms in total. The van der Waals surface area contributed by atoms with Crippen molar-refractivity contribution in [3.63, 3.8) is 0 Å². The van der Waals surface area contributed by atoms with Crippen molar-refractivity contribution in [3.05, 3.63) is 58.6 Å². The number of hydrogen-bond acceptors (Lipinski definition) is 2. The van der Waals surface area contributed by atoms with Crippen LogP contribution in [-0.2, 0) is 9.59 Å². The first kappa shape index (κ1) is 16.5. The van der Waals surface area contributed by atoms with Crippen LogP contribution < -0.4 is 10.2 Å². The second-order valence-electron chi connectivity index (χ2n) is 6.19. The topological polar surface area (TPSA) is 49.4 Å². The molecule has 0 spiro atoms. The largest absolute Gasteiger partial charge is 0.326 e. The Kier molecular flexibility index (Phi) is 4.58. The lowest BCUT2D eigenvalue weighted by Gasteiger charge is -2.17. The van der Waals surface area contributed by atoms with Gasteiger partial charge < -0.3 is 10.2 Å². The Morgan fingerprint density at radius 3 is 2.54 bits per heavy atom. The van der Waals surface area contributed by atoms with E-state index in [-0.39, 0.29) is 24.2 Å². The van der Waals surface area contributed by atoms with Gasteiger partial charge in [0.1, 0.15) is 0 Å². The molecule has 3 rings (SSSR count). The first-order valence-corrected chi connectivity index (χ1v) is 8.26. The maximum atomic E-state index is 12.5. The molecule has 0 aromatic heterocycles. The number of nitrogens with one attached hydrogen (secondary N) is 1. The SMILES string of the molecule is Cc1ccc(N2C[C@@H](C(=O)Nc3ccc(C)c(Cl)c3)CC2=O)cc1. The van der Waals surface area contributed by atoms with Crippen molar-refractivity contribution in [1.82, 2.24) is 0 Å². The summed E-state index contributed by atoms with van der Waals surface area (Å²) in [5, 5.41) is 3.46. The van der Waals surface area contributed by atoms with E-state index in [1.54, 1.807) is 11.0 Å². The minimum Gasteiger partial charge on any atom is -0.326 e. The Hall–Kier alpha value is -2.33. The van der Waals surface area contributed by atoms with E-state index in [4.69, 9.17) is 11.6 Å². The van der Waals surface area contributed by atoms with Crippen LogP contribution in [0, 0.1) is 19.8 Å². The molecule has 1 heterocycles. The average Bonchev–Trinajstić information content (AvgIpc) is 2.94. The lowest BCUT2D eigenvalue weighted by Crippen LogP contribution is -2.28. The lowest BCUT2D eigenvalue weighted by atomic mass is 10.1. The zero-order valence-corrected chi connectivity index (χ0v) is 14.4. The van der Waals surface area contributed by atoms with Crippen LogP contribution in [0.25, 0.3) is 0 Å². The molecule has 2 amide bonds. The third kappa shape index (κ3) is 3.44. The maximum Gasteiger partial charge on any atom is 0.229 e. The molecule has 0 bridgehead atoms. The second-order valence-corrected chi connectivity index (χ2v) is 6.60. The first-order valence-electron chi connectivity index (χ1n) is 7.88. The zero-order valence-electron chi connectivity index (χ0n) is 13.7. The van der Waals surface area contributed by atoms with Crippen LogP contribution in [0.1, 0.15) is 17.5 Å². The van der Waals surface area contributed by atoms with Crippen LogP contribution in [0.15, 0.2) is 42.5 Å². The third-order valence-corrected chi connectivity index (χ3v) is 4.69. The number of nitrogens with zero attached hydrogens (tertiary/aromatic N) is 1. The molecule has 1 fully saturated rings. The molecule has 0 aliphatic carbocycles. The number of carbonyl (C=O) groups excluding carboxylic acids is 2. The van der Waals surface area contributed by atoms with Crippen LogP contribution in [0.4, 0.5) is 11.4 Å². The van der Waals surface area contributed by atoms with E-state index in [0.29, 0.717) is 17.3 Å². The van der Waals surface area contributed by atoms with E-state index in [9.17, 15) is 9.59 Å². The fourth-order valence-corrected chi connectivity index (χ4v) is 2.95. The highest BCUT2D eigenvalue weighted by atomic mass is 35.5. The molecule has 124 valence electrons. The predicted octanol–water partition coefficient (Wildman–Crippen LogP) is 3.95. The summed E-state index contributed by atoms with van der Waals surface area (Å²) in [4.78, 5) is 26.4. The van der Waals surface area contributed by atoms with E-state index >= 15 is 0 Å². The summed E-state index contributed by atoms with van der Waals surface area (Å²) in [7, 11) is 0. The average molecular weight is 343 g/mol. The smallest absolute Gasteiger partial charge is 0.229 e. The molecule has 1 N–H and O–H groups in total. The molecule has 24 heavy (non-hydrogen) atoms. The Morgan fingerprint density at radius 2 is 1.88 bits per heavy atom. The van der Waals surface area contributed by atoms with Crippen molar-refractivity contribution in [2.24, 2.45) is 5.92 Å². The van der Waals surface area contributed by atoms with Crippen LogP contribution in [0.2, 0.25) is 5.02 Å². The van der Waals surface area contributed by atoms with Gasteiger partial charge in [0.05, 0.1) is 5.92 Å². The Balaban J connectivity index is 1.69. The summed E-state index contributed by atoms with van der Waals surface area (Å²) >= 11 is 6.08. The van der Waals surface area contributed by atoms with Gasteiger partial charge in [-0.25, -0.2) is 0 Å². The van der Waals surface area contributed by atoms with Gasteiger partial charge in [-0.15, -0.1) is 0 Å². The third-order valence-electron chi connectivity index (χ3n) is 4.28. The summed E-state index contributed by atoms with van der Waals surface area (Å²) in [6.07, 6.45) is 0.222. The van der Waals surface area contributed by atoms with Gasteiger partial charge >= 0.3 is 0 Å². The highest BCUT2D eigenvalue weighted by Gasteiger charge is 2.35. The van der Waals surface area contributed by atoms with Gasteiger partial charge in [-0.3, -0.25) is 9.59 Å². The van der Waals surface area contributed by atoms with Gasteiger partial charge in [0.15, 0.2) is 0 Å². The minimum atomic E-state index is -0.362. The standard InChI is InChI=1S/C19H19ClN2O2/c1-12-3-7-16(8-4-12)22-11-14(9-18(22)23)19(24)21-15-6-5-13(2)17(20)10-15/h3-8,10,14H,9,11H2,1-2H3,(H,21,24)/t14-/m0/s1. The van der Waals surface area contributed by atoms with Crippen molar-refractivity contribution in [1.29, 1.82) is 0 Å². The Labute approximate surface area is 146 Å². The lowest BCUT2D eigenvalue weighted by molar-refractivity contribution is -0.122. The fourth-order valence-electron chi connectivity index (χ4n) is 2.77. The van der Waals surface area contributed by atoms with Crippen molar-refractivity contribution < 1.29 is 9.59 Å². The molecule has 0 unspecified atom stereocenters. The van der Waals surface area contributed by atoms with E-state index in [2.05, 4.69) is 5.32 Å². The molecule has 1 aliphatic rings. The highest BCUT2D eigenvalue weighted by Crippen LogP contribution is 2.27. The number of halogens is 1. The summed E-state index contributed by atoms with van der Waals surface area (Å²) in [6.45, 7) is 4.30. The van der Waals surface area contributed by atoms with Gasteiger partial charge in [0.2, 0.25) is 11.8 Å². The summed E-state index contributed by atoms with van der Waals surface area (Å²) < 4.78 is 0. The predicted molar refractivity (Wildman–Crippen MR) is 96.5 cm³/mol. The molecule has 1 atom stereocenters. The molecule has 5 heteroatoms. The number of aryl methyl sites for hydroxylation is 2. The van der Waals surface area contributed by atoms with Gasteiger partial charge in [0, 0.05) is 29.4 Å². The van der Waals surface area contributed by atoms with Gasteiger partial charge in [-0.2, -0.15) is 0 Å². The van der Waals surface area contributed by atoms with Crippen molar-refractivity contribution in [3.8, 4) is 0 Å². The van der Waals surface area contributed by atoms with Crippen molar-refractivity contribution in [2.75, 3.05) is 16.8 Å². The van der Waals surface area contributed by atoms with Crippen LogP contribution in [0.3, 0.4) is 0 Å². The van der Waals surface area contributed by atoms with Crippen LogP contribution in [0.5, 0.6) is 0 Å². The van der Waals surface area contributed by atoms with Crippen molar-refractivity contribution in [2.45, 2.75) is 20.3 Å². The molecule has 0 radical (unpaired) electrons. The van der Waals surface area contributed by atoms with E-state index in [1.807, 2.05) is 50.2 Å². The summed E-state index contributed by atoms with van der Waals surface area (Å²) in [5.41, 5.74) is 3.57. The fraction of sp³-hybridized carbons (Fsp3) is 0.263. The van der Waals surface area contributed by atoms with E-state index < -0.39 is 0 Å². The number of carbonyl (C=O) groups is 2. The Morgan fingerprint density at radius 1 is 1.17 bits per heavy atom. The molecular formula is C19H19ClN2O2. The van der Waals surface area contributed by atoms with Crippen LogP contribution in [-0.4, -0.2) is 18.4 Å². The summed E-state index contributed by atoms with van der Waals surface area (Å²) in [6, 6.07) is 13.1. The molecule has 1 saturated heterocycles. The second kappa shape index (κ2) is 6.65. The molecule has 2 aromatic carbocycles. The Bertz CT molecular complexity index is 786. The van der Waals surface area contributed by atoms with E-state index in [0.717, 1.165) is 16.8 Å². The highest BCUT2D eigenvalue weighted by molar-refractivity contribution is 6.31. The summed E-state index contributed by atoms with van der Waals surface area (Å²) in [5.74, 6) is -0.544. The van der Waals surface area contributed by atoms with Crippen LogP contribution >= 0.6 is 11.6 Å². The van der Waals surface area contributed by atoms with Gasteiger partial charge in [-0.05, 0) is 43.7 Å². The number of amides is 2. The normalized spacial score (nSPS) is 17.2. The number of benzene rings is 2. The van der Waals surface area contributed by atoms with Gasteiger partial charge in [-0.1, -0.05) is 35.4 Å². The zero-order chi connectivity index (χ0) is 17.3. The van der Waals surface area contributed by atoms with E-state index in [1.165, 1.54) is 0 Å². The number of hydrogen-bond donors (Lipinski definition) is 1. The van der Waals surface area contributed by atoms with Crippen molar-refractivity contribution >= 4 is 34.8 Å². The number of anilines is 2. The maximum absolute atomic E-state index is 12.5. The molecule has 2 aromatic rings. The first-order chi connectivity index (χ1) is 11.4. The minimum absolute atomic E-state index is 0.0269. The molecular weight excluding hydrogens is 324 g/mol. The number of rotatable bonds is 3. The van der Waals surface area contributed by atoms with Gasteiger partial charge in [0.25, 0.3) is 0 Å². The molecule has 0 saturated carbocycles.